The molecule has 1 amide bonds. The lowest BCUT2D eigenvalue weighted by Crippen LogP contribution is -2.36. The molecular formula is C23H23N7O2S. The fourth-order valence-corrected chi connectivity index (χ4v) is 4.76. The molecule has 33 heavy (non-hydrogen) atoms. The fourth-order valence-electron chi connectivity index (χ4n) is 3.65. The molecule has 0 spiro atoms. The molecule has 1 saturated heterocycles. The van der Waals surface area contributed by atoms with Crippen LogP contribution in [0.2, 0.25) is 0 Å². The lowest BCUT2D eigenvalue weighted by atomic mass is 10.2. The number of nitrogens with zero attached hydrogens (tertiary/aromatic N) is 5. The van der Waals surface area contributed by atoms with E-state index in [0.29, 0.717) is 43.1 Å². The van der Waals surface area contributed by atoms with Gasteiger partial charge in [0.25, 0.3) is 5.91 Å². The van der Waals surface area contributed by atoms with E-state index in [-0.39, 0.29) is 11.9 Å². The van der Waals surface area contributed by atoms with Gasteiger partial charge in [-0.25, -0.2) is 19.9 Å². The average Bonchev–Trinajstić information content (AvgIpc) is 3.27. The van der Waals surface area contributed by atoms with Gasteiger partial charge in [-0.2, -0.15) is 0 Å². The number of nitrogens with one attached hydrogen (secondary N) is 1. The lowest BCUT2D eigenvalue weighted by Gasteiger charge is -2.28. The van der Waals surface area contributed by atoms with Gasteiger partial charge in [-0.3, -0.25) is 4.79 Å². The van der Waals surface area contributed by atoms with Gasteiger partial charge in [-0.05, 0) is 24.6 Å². The largest absolute Gasteiger partial charge is 0.378 e. The number of carbonyl (C=O) groups is 1. The monoisotopic (exact) mass is 461 g/mol. The van der Waals surface area contributed by atoms with E-state index in [9.17, 15) is 4.79 Å². The average molecular weight is 462 g/mol. The highest BCUT2D eigenvalue weighted by Crippen LogP contribution is 2.34. The van der Waals surface area contributed by atoms with Gasteiger partial charge in [0, 0.05) is 42.5 Å². The fraction of sp³-hybridized carbons (Fsp3) is 0.261. The number of anilines is 2. The molecule has 3 aromatic heterocycles. The minimum atomic E-state index is -0.0730. The number of amides is 1. The van der Waals surface area contributed by atoms with Crippen molar-refractivity contribution in [1.82, 2.24) is 25.3 Å². The minimum Gasteiger partial charge on any atom is -0.378 e. The Balaban J connectivity index is 1.41. The highest BCUT2D eigenvalue weighted by atomic mass is 32.1. The quantitative estimate of drug-likeness (QED) is 0.450. The summed E-state index contributed by atoms with van der Waals surface area (Å²) >= 11 is 1.66. The zero-order valence-corrected chi connectivity index (χ0v) is 18.7. The standard InChI is InChI=1S/C23H23N7O2S/c24-23-26-13-16(14-27-23)20-28-18-12-17(6-7-25-22(31)15-4-2-1-3-5-15)33-19(18)21(29-20)30-8-10-32-11-9-30/h1-5,12-14H,6-11H2,(H,25,31)(H2,24,26,27). The van der Waals surface area contributed by atoms with Crippen LogP contribution in [0.3, 0.4) is 0 Å². The first-order valence-corrected chi connectivity index (χ1v) is 11.5. The zero-order chi connectivity index (χ0) is 22.6. The first-order valence-electron chi connectivity index (χ1n) is 10.7. The Hall–Kier alpha value is -3.63. The van der Waals surface area contributed by atoms with Gasteiger partial charge in [0.2, 0.25) is 5.95 Å². The van der Waals surface area contributed by atoms with Crippen molar-refractivity contribution in [2.75, 3.05) is 43.5 Å². The summed E-state index contributed by atoms with van der Waals surface area (Å²) in [6, 6.07) is 11.3. The van der Waals surface area contributed by atoms with Crippen LogP contribution < -0.4 is 16.0 Å². The zero-order valence-electron chi connectivity index (χ0n) is 17.9. The maximum absolute atomic E-state index is 12.3. The van der Waals surface area contributed by atoms with Crippen molar-refractivity contribution < 1.29 is 9.53 Å². The van der Waals surface area contributed by atoms with E-state index in [1.165, 1.54) is 0 Å². The van der Waals surface area contributed by atoms with Crippen molar-refractivity contribution in [2.45, 2.75) is 6.42 Å². The van der Waals surface area contributed by atoms with Crippen molar-refractivity contribution in [3.05, 3.63) is 59.2 Å². The number of hydrogen-bond donors (Lipinski definition) is 2. The van der Waals surface area contributed by atoms with Gasteiger partial charge >= 0.3 is 0 Å². The Morgan fingerprint density at radius 3 is 2.64 bits per heavy atom. The summed E-state index contributed by atoms with van der Waals surface area (Å²) in [7, 11) is 0. The number of thiophene rings is 1. The molecule has 0 radical (unpaired) electrons. The highest BCUT2D eigenvalue weighted by Gasteiger charge is 2.20. The van der Waals surface area contributed by atoms with Gasteiger partial charge in [0.15, 0.2) is 11.6 Å². The molecule has 168 valence electrons. The van der Waals surface area contributed by atoms with E-state index in [0.717, 1.165) is 34.0 Å². The van der Waals surface area contributed by atoms with E-state index >= 15 is 0 Å². The summed E-state index contributed by atoms with van der Waals surface area (Å²) in [5.41, 5.74) is 7.87. The number of fused-ring (bicyclic) bond motifs is 1. The van der Waals surface area contributed by atoms with E-state index < -0.39 is 0 Å². The lowest BCUT2D eigenvalue weighted by molar-refractivity contribution is 0.0954. The van der Waals surface area contributed by atoms with Crippen molar-refractivity contribution in [3.63, 3.8) is 0 Å². The van der Waals surface area contributed by atoms with E-state index in [2.05, 4.69) is 26.3 Å². The first-order chi connectivity index (χ1) is 16.2. The predicted molar refractivity (Wildman–Crippen MR) is 128 cm³/mol. The molecule has 5 rings (SSSR count). The molecule has 0 aliphatic carbocycles. The third-order valence-corrected chi connectivity index (χ3v) is 6.52. The predicted octanol–water partition coefficient (Wildman–Crippen LogP) is 2.54. The molecule has 1 aromatic carbocycles. The Kier molecular flexibility index (Phi) is 6.09. The Bertz CT molecular complexity index is 1260. The van der Waals surface area contributed by atoms with Crippen LogP contribution in [0.5, 0.6) is 0 Å². The second-order valence-electron chi connectivity index (χ2n) is 7.60. The van der Waals surface area contributed by atoms with Crippen LogP contribution in [0.4, 0.5) is 11.8 Å². The molecule has 1 fully saturated rings. The van der Waals surface area contributed by atoms with Crippen LogP contribution >= 0.6 is 11.3 Å². The topological polar surface area (TPSA) is 119 Å². The summed E-state index contributed by atoms with van der Waals surface area (Å²) in [6.45, 7) is 3.40. The number of aromatic nitrogens is 4. The van der Waals surface area contributed by atoms with E-state index in [1.807, 2.05) is 18.2 Å². The van der Waals surface area contributed by atoms with Crippen LogP contribution in [0.15, 0.2) is 48.8 Å². The molecule has 3 N–H and O–H groups in total. The third kappa shape index (κ3) is 4.76. The number of nitrogens with two attached hydrogens (primary N) is 1. The Morgan fingerprint density at radius 2 is 1.88 bits per heavy atom. The number of hydrogen-bond acceptors (Lipinski definition) is 9. The molecule has 9 nitrogen and oxygen atoms in total. The molecular weight excluding hydrogens is 438 g/mol. The normalized spacial score (nSPS) is 13.9. The molecule has 0 bridgehead atoms. The van der Waals surface area contributed by atoms with E-state index in [4.69, 9.17) is 20.4 Å². The first kappa shape index (κ1) is 21.2. The van der Waals surface area contributed by atoms with Gasteiger partial charge in [-0.1, -0.05) is 18.2 Å². The molecule has 4 heterocycles. The SMILES string of the molecule is Nc1ncc(-c2nc(N3CCOCC3)c3sc(CCNC(=O)c4ccccc4)cc3n2)cn1. The van der Waals surface area contributed by atoms with E-state index in [1.54, 1.807) is 35.9 Å². The molecule has 4 aromatic rings. The second-order valence-corrected chi connectivity index (χ2v) is 8.74. The van der Waals surface area contributed by atoms with Crippen LogP contribution in [-0.2, 0) is 11.2 Å². The number of rotatable bonds is 6. The number of nitrogen functional groups attached to an aromatic ring is 1. The summed E-state index contributed by atoms with van der Waals surface area (Å²) in [4.78, 5) is 33.5. The molecule has 10 heteroatoms. The highest BCUT2D eigenvalue weighted by molar-refractivity contribution is 7.19. The Morgan fingerprint density at radius 1 is 1.12 bits per heavy atom. The van der Waals surface area contributed by atoms with Gasteiger partial charge in [0.05, 0.1) is 29.0 Å². The summed E-state index contributed by atoms with van der Waals surface area (Å²) < 4.78 is 6.55. The molecule has 0 saturated carbocycles. The van der Waals surface area contributed by atoms with Crippen molar-refractivity contribution in [2.24, 2.45) is 0 Å². The molecule has 0 atom stereocenters. The van der Waals surface area contributed by atoms with Crippen LogP contribution in [-0.4, -0.2) is 58.7 Å². The minimum absolute atomic E-state index is 0.0730. The van der Waals surface area contributed by atoms with Gasteiger partial charge in [-0.15, -0.1) is 11.3 Å². The second kappa shape index (κ2) is 9.47. The van der Waals surface area contributed by atoms with Crippen LogP contribution in [0.25, 0.3) is 21.6 Å². The number of ether oxygens (including phenoxy) is 1. The molecule has 1 aliphatic heterocycles. The Labute approximate surface area is 194 Å². The smallest absolute Gasteiger partial charge is 0.251 e. The van der Waals surface area contributed by atoms with Crippen LogP contribution in [0, 0.1) is 0 Å². The summed E-state index contributed by atoms with van der Waals surface area (Å²) in [6.07, 6.45) is 3.99. The van der Waals surface area contributed by atoms with Crippen molar-refractivity contribution >= 4 is 39.2 Å². The number of benzene rings is 1. The maximum atomic E-state index is 12.3. The van der Waals surface area contributed by atoms with Crippen molar-refractivity contribution in [3.8, 4) is 11.4 Å². The van der Waals surface area contributed by atoms with Gasteiger partial charge < -0.3 is 20.7 Å². The number of carbonyl (C=O) groups excluding carboxylic acids is 1. The molecule has 0 unspecified atom stereocenters. The van der Waals surface area contributed by atoms with Gasteiger partial charge in [0.1, 0.15) is 0 Å². The van der Waals surface area contributed by atoms with Crippen LogP contribution in [0.1, 0.15) is 15.2 Å². The number of morpholine rings is 1. The summed E-state index contributed by atoms with van der Waals surface area (Å²) in [5, 5.41) is 2.99. The summed E-state index contributed by atoms with van der Waals surface area (Å²) in [5.74, 6) is 1.59. The molecule has 1 aliphatic rings. The third-order valence-electron chi connectivity index (χ3n) is 5.34. The maximum Gasteiger partial charge on any atom is 0.251 e. The van der Waals surface area contributed by atoms with Crippen molar-refractivity contribution in [1.29, 1.82) is 0 Å².